The van der Waals surface area contributed by atoms with Gasteiger partial charge < -0.3 is 4.57 Å². The van der Waals surface area contributed by atoms with Crippen molar-refractivity contribution in [1.29, 1.82) is 5.26 Å². The molecule has 0 spiro atoms. The Balaban J connectivity index is 2.06. The molecule has 3 rings (SSSR count). The van der Waals surface area contributed by atoms with Crippen molar-refractivity contribution < 1.29 is 4.39 Å². The van der Waals surface area contributed by atoms with Crippen molar-refractivity contribution in [3.63, 3.8) is 0 Å². The molecule has 2 aromatic carbocycles. The molecule has 0 saturated carbocycles. The Bertz CT molecular complexity index is 969. The second-order valence-corrected chi connectivity index (χ2v) is 6.17. The van der Waals surface area contributed by atoms with Gasteiger partial charge in [-0.25, -0.2) is 4.39 Å². The van der Waals surface area contributed by atoms with Crippen LogP contribution in [0.4, 0.5) is 4.39 Å². The van der Waals surface area contributed by atoms with E-state index in [4.69, 9.17) is 0 Å². The lowest BCUT2D eigenvalue weighted by Crippen LogP contribution is -1.98. The van der Waals surface area contributed by atoms with Crippen molar-refractivity contribution in [3.8, 4) is 11.8 Å². The van der Waals surface area contributed by atoms with Gasteiger partial charge in [0.15, 0.2) is 0 Å². The van der Waals surface area contributed by atoms with E-state index >= 15 is 0 Å². The average molecular weight is 330 g/mol. The maximum atomic E-state index is 13.1. The Morgan fingerprint density at radius 3 is 2.24 bits per heavy atom. The zero-order valence-electron chi connectivity index (χ0n) is 14.5. The molecule has 0 bridgehead atoms. The monoisotopic (exact) mass is 330 g/mol. The van der Waals surface area contributed by atoms with E-state index in [0.717, 1.165) is 22.6 Å². The molecule has 0 amide bonds. The first-order chi connectivity index (χ1) is 12.0. The normalized spacial score (nSPS) is 11.4. The van der Waals surface area contributed by atoms with Crippen LogP contribution >= 0.6 is 0 Å². The van der Waals surface area contributed by atoms with E-state index in [-0.39, 0.29) is 5.82 Å². The summed E-state index contributed by atoms with van der Waals surface area (Å²) < 4.78 is 15.3. The fraction of sp³-hybridized carbons (Fsp3) is 0.136. The number of nitriles is 1. The molecule has 0 radical (unpaired) electrons. The number of allylic oxidation sites excluding steroid dienone is 1. The van der Waals surface area contributed by atoms with Crippen molar-refractivity contribution in [2.24, 2.45) is 0 Å². The molecule has 3 heteroatoms. The van der Waals surface area contributed by atoms with Crippen LogP contribution in [0.15, 0.2) is 54.6 Å². The van der Waals surface area contributed by atoms with Gasteiger partial charge in [0, 0.05) is 17.1 Å². The highest BCUT2D eigenvalue weighted by atomic mass is 19.1. The maximum absolute atomic E-state index is 13.1. The average Bonchev–Trinajstić information content (AvgIpc) is 2.88. The van der Waals surface area contributed by atoms with Crippen molar-refractivity contribution in [2.45, 2.75) is 20.8 Å². The van der Waals surface area contributed by atoms with Gasteiger partial charge in [-0.2, -0.15) is 5.26 Å². The summed E-state index contributed by atoms with van der Waals surface area (Å²) in [6.07, 6.45) is 1.86. The summed E-state index contributed by atoms with van der Waals surface area (Å²) in [5.41, 5.74) is 6.70. The minimum Gasteiger partial charge on any atom is -0.318 e. The van der Waals surface area contributed by atoms with Gasteiger partial charge in [0.25, 0.3) is 0 Å². The molecule has 1 aromatic heterocycles. The highest BCUT2D eigenvalue weighted by Crippen LogP contribution is 2.25. The molecule has 0 atom stereocenters. The molecule has 0 fully saturated rings. The smallest absolute Gasteiger partial charge is 0.123 e. The van der Waals surface area contributed by atoms with Crippen molar-refractivity contribution in [3.05, 3.63) is 88.5 Å². The Labute approximate surface area is 147 Å². The molecular formula is C22H19FN2. The van der Waals surface area contributed by atoms with E-state index in [1.165, 1.54) is 17.7 Å². The second kappa shape index (κ2) is 6.78. The van der Waals surface area contributed by atoms with E-state index in [1.54, 1.807) is 12.1 Å². The predicted molar refractivity (Wildman–Crippen MR) is 99.9 cm³/mol. The molecule has 1 heterocycles. The van der Waals surface area contributed by atoms with Gasteiger partial charge in [0.1, 0.15) is 5.82 Å². The molecule has 25 heavy (non-hydrogen) atoms. The lowest BCUT2D eigenvalue weighted by atomic mass is 10.0. The number of aromatic nitrogens is 1. The summed E-state index contributed by atoms with van der Waals surface area (Å²) in [5, 5.41) is 9.51. The first-order valence-corrected chi connectivity index (χ1v) is 8.13. The fourth-order valence-electron chi connectivity index (χ4n) is 2.99. The lowest BCUT2D eigenvalue weighted by molar-refractivity contribution is 0.627. The molecule has 0 aliphatic carbocycles. The summed E-state index contributed by atoms with van der Waals surface area (Å²) in [6, 6.07) is 18.6. The third-order valence-electron chi connectivity index (χ3n) is 4.34. The number of halogens is 1. The number of hydrogen-bond acceptors (Lipinski definition) is 1. The molecule has 0 aliphatic rings. The maximum Gasteiger partial charge on any atom is 0.123 e. The van der Waals surface area contributed by atoms with Gasteiger partial charge in [-0.15, -0.1) is 0 Å². The molecule has 0 N–H and O–H groups in total. The Morgan fingerprint density at radius 2 is 1.64 bits per heavy atom. The molecule has 2 nitrogen and oxygen atoms in total. The largest absolute Gasteiger partial charge is 0.318 e. The van der Waals surface area contributed by atoms with Crippen LogP contribution in [-0.4, -0.2) is 4.57 Å². The van der Waals surface area contributed by atoms with Crippen LogP contribution in [0, 0.1) is 37.9 Å². The number of hydrogen-bond donors (Lipinski definition) is 0. The Hall–Kier alpha value is -3.12. The zero-order valence-corrected chi connectivity index (χ0v) is 14.5. The van der Waals surface area contributed by atoms with E-state index in [1.807, 2.05) is 19.9 Å². The first kappa shape index (κ1) is 16.7. The summed E-state index contributed by atoms with van der Waals surface area (Å²) in [5.74, 6) is -0.307. The van der Waals surface area contributed by atoms with Crippen molar-refractivity contribution in [1.82, 2.24) is 4.57 Å². The second-order valence-electron chi connectivity index (χ2n) is 6.17. The summed E-state index contributed by atoms with van der Waals surface area (Å²) in [6.45, 7) is 6.15. The Kier molecular flexibility index (Phi) is 4.54. The van der Waals surface area contributed by atoms with E-state index in [9.17, 15) is 9.65 Å². The zero-order chi connectivity index (χ0) is 18.0. The summed E-state index contributed by atoms with van der Waals surface area (Å²) in [4.78, 5) is 0. The topological polar surface area (TPSA) is 28.7 Å². The molecule has 3 aromatic rings. The van der Waals surface area contributed by atoms with Gasteiger partial charge in [0.2, 0.25) is 0 Å². The molecule has 0 aliphatic heterocycles. The van der Waals surface area contributed by atoms with Crippen LogP contribution in [0.3, 0.4) is 0 Å². The van der Waals surface area contributed by atoms with Crippen LogP contribution in [0.25, 0.3) is 17.3 Å². The van der Waals surface area contributed by atoms with Gasteiger partial charge in [-0.05, 0) is 68.3 Å². The van der Waals surface area contributed by atoms with Crippen LogP contribution in [-0.2, 0) is 0 Å². The quantitative estimate of drug-likeness (QED) is 0.574. The van der Waals surface area contributed by atoms with Crippen LogP contribution in [0.1, 0.15) is 28.1 Å². The van der Waals surface area contributed by atoms with Crippen molar-refractivity contribution in [2.75, 3.05) is 0 Å². The number of nitrogens with zero attached hydrogens (tertiary/aromatic N) is 2. The van der Waals surface area contributed by atoms with E-state index in [0.29, 0.717) is 11.1 Å². The van der Waals surface area contributed by atoms with Crippen LogP contribution in [0.5, 0.6) is 0 Å². The lowest BCUT2D eigenvalue weighted by Gasteiger charge is -2.10. The predicted octanol–water partition coefficient (Wildman–Crippen LogP) is 5.61. The minimum atomic E-state index is -0.307. The van der Waals surface area contributed by atoms with Gasteiger partial charge in [0.05, 0.1) is 11.6 Å². The van der Waals surface area contributed by atoms with E-state index in [2.05, 4.69) is 47.9 Å². The van der Waals surface area contributed by atoms with Gasteiger partial charge >= 0.3 is 0 Å². The number of aryl methyl sites for hydroxylation is 2. The summed E-state index contributed by atoms with van der Waals surface area (Å²) >= 11 is 0. The fourth-order valence-corrected chi connectivity index (χ4v) is 2.99. The molecule has 124 valence electrons. The first-order valence-electron chi connectivity index (χ1n) is 8.13. The van der Waals surface area contributed by atoms with Crippen LogP contribution < -0.4 is 0 Å². The number of benzene rings is 2. The molecule has 0 saturated heterocycles. The standard InChI is InChI=1S/C22H19FN2/c1-15-4-10-22(11-5-15)25-16(2)12-19(17(25)3)13-20(14-24)18-6-8-21(23)9-7-18/h4-13H,1-3H3/b20-13-. The highest BCUT2D eigenvalue weighted by molar-refractivity contribution is 5.90. The van der Waals surface area contributed by atoms with Gasteiger partial charge in [-0.3, -0.25) is 0 Å². The van der Waals surface area contributed by atoms with Gasteiger partial charge in [-0.1, -0.05) is 29.8 Å². The SMILES string of the molecule is Cc1ccc(-n2c(C)cc(/C=C(/C#N)c3ccc(F)cc3)c2C)cc1. The Morgan fingerprint density at radius 1 is 1.00 bits per heavy atom. The van der Waals surface area contributed by atoms with Crippen molar-refractivity contribution >= 4 is 11.6 Å². The van der Waals surface area contributed by atoms with Crippen LogP contribution in [0.2, 0.25) is 0 Å². The third-order valence-corrected chi connectivity index (χ3v) is 4.34. The van der Waals surface area contributed by atoms with E-state index < -0.39 is 0 Å². The molecule has 0 unspecified atom stereocenters. The summed E-state index contributed by atoms with van der Waals surface area (Å²) in [7, 11) is 0. The highest BCUT2D eigenvalue weighted by Gasteiger charge is 2.11. The number of rotatable bonds is 3. The third kappa shape index (κ3) is 3.39. The molecular weight excluding hydrogens is 311 g/mol. The minimum absolute atomic E-state index is 0.307.